The Labute approximate surface area is 138 Å². The highest BCUT2D eigenvalue weighted by Gasteiger charge is 2.14. The topological polar surface area (TPSA) is 76.7 Å². The molecule has 1 aromatic carbocycles. The molecule has 0 bridgehead atoms. The molecule has 0 aliphatic carbocycles. The van der Waals surface area contributed by atoms with Gasteiger partial charge in [0.15, 0.2) is 11.5 Å². The van der Waals surface area contributed by atoms with Gasteiger partial charge in [-0.25, -0.2) is 0 Å². The average molecular weight is 342 g/mol. The first-order chi connectivity index (χ1) is 11.3. The molecule has 24 heavy (non-hydrogen) atoms. The summed E-state index contributed by atoms with van der Waals surface area (Å²) in [5, 5.41) is 5.01. The van der Waals surface area contributed by atoms with Crippen molar-refractivity contribution in [3.8, 4) is 11.5 Å². The predicted molar refractivity (Wildman–Crippen MR) is 84.9 cm³/mol. The van der Waals surface area contributed by atoms with Gasteiger partial charge >= 0.3 is 6.61 Å². The highest BCUT2D eigenvalue weighted by molar-refractivity contribution is 5.94. The monoisotopic (exact) mass is 342 g/mol. The standard InChI is InChI=1S/C16H20F2N2O4/c1-10(2)20-14(22)9-19-13(21)8-7-11-5-4-6-12(23-3)15(11)24-16(17)18/h4-8,10,16H,9H2,1-3H3,(H,19,21)(H,20,22)/b8-7+. The van der Waals surface area contributed by atoms with E-state index in [0.717, 1.165) is 6.08 Å². The molecule has 2 N–H and O–H groups in total. The van der Waals surface area contributed by atoms with Crippen molar-refractivity contribution in [3.05, 3.63) is 29.8 Å². The molecule has 0 radical (unpaired) electrons. The maximum Gasteiger partial charge on any atom is 0.387 e. The van der Waals surface area contributed by atoms with Gasteiger partial charge in [0.2, 0.25) is 11.8 Å². The third-order valence-electron chi connectivity index (χ3n) is 2.72. The van der Waals surface area contributed by atoms with Crippen molar-refractivity contribution in [2.24, 2.45) is 0 Å². The van der Waals surface area contributed by atoms with Crippen LogP contribution in [0.25, 0.3) is 6.08 Å². The zero-order valence-corrected chi connectivity index (χ0v) is 13.6. The number of rotatable bonds is 8. The molecule has 0 saturated heterocycles. The van der Waals surface area contributed by atoms with Crippen molar-refractivity contribution in [3.63, 3.8) is 0 Å². The third-order valence-corrected chi connectivity index (χ3v) is 2.72. The fraction of sp³-hybridized carbons (Fsp3) is 0.375. The molecular weight excluding hydrogens is 322 g/mol. The number of nitrogens with one attached hydrogen (secondary N) is 2. The molecule has 0 saturated carbocycles. The number of carbonyl (C=O) groups excluding carboxylic acids is 2. The summed E-state index contributed by atoms with van der Waals surface area (Å²) in [5.41, 5.74) is 0.247. The van der Waals surface area contributed by atoms with E-state index in [-0.39, 0.29) is 35.6 Å². The van der Waals surface area contributed by atoms with E-state index in [1.54, 1.807) is 19.9 Å². The van der Waals surface area contributed by atoms with Crippen LogP contribution in [0, 0.1) is 0 Å². The van der Waals surface area contributed by atoms with Crippen LogP contribution in [0.2, 0.25) is 0 Å². The molecule has 0 heterocycles. The summed E-state index contributed by atoms with van der Waals surface area (Å²) in [7, 11) is 1.32. The summed E-state index contributed by atoms with van der Waals surface area (Å²) in [6.07, 6.45) is 2.42. The lowest BCUT2D eigenvalue weighted by molar-refractivity contribution is -0.124. The molecule has 0 aliphatic rings. The van der Waals surface area contributed by atoms with Crippen LogP contribution in [0.3, 0.4) is 0 Å². The van der Waals surface area contributed by atoms with Crippen LogP contribution < -0.4 is 20.1 Å². The van der Waals surface area contributed by atoms with Crippen LogP contribution >= 0.6 is 0 Å². The number of halogens is 2. The summed E-state index contributed by atoms with van der Waals surface area (Å²) in [6.45, 7) is 0.391. The average Bonchev–Trinajstić information content (AvgIpc) is 2.50. The molecule has 0 aromatic heterocycles. The van der Waals surface area contributed by atoms with Gasteiger partial charge in [-0.15, -0.1) is 0 Å². The number of methoxy groups -OCH3 is 1. The molecule has 6 nitrogen and oxygen atoms in total. The van der Waals surface area contributed by atoms with Gasteiger partial charge in [-0.3, -0.25) is 9.59 Å². The third kappa shape index (κ3) is 6.64. The lowest BCUT2D eigenvalue weighted by atomic mass is 10.1. The van der Waals surface area contributed by atoms with E-state index in [9.17, 15) is 18.4 Å². The predicted octanol–water partition coefficient (Wildman–Crippen LogP) is 1.95. The Morgan fingerprint density at radius 2 is 2.00 bits per heavy atom. The minimum Gasteiger partial charge on any atom is -0.493 e. The molecule has 0 atom stereocenters. The van der Waals surface area contributed by atoms with E-state index < -0.39 is 12.5 Å². The lowest BCUT2D eigenvalue weighted by Crippen LogP contribution is -2.39. The van der Waals surface area contributed by atoms with Crippen LogP contribution in [0.5, 0.6) is 11.5 Å². The van der Waals surface area contributed by atoms with E-state index in [0.29, 0.717) is 0 Å². The normalized spacial score (nSPS) is 11.0. The van der Waals surface area contributed by atoms with Crippen molar-refractivity contribution in [2.45, 2.75) is 26.5 Å². The quantitative estimate of drug-likeness (QED) is 0.708. The van der Waals surface area contributed by atoms with Crippen molar-refractivity contribution in [1.82, 2.24) is 10.6 Å². The Balaban J connectivity index is 2.75. The van der Waals surface area contributed by atoms with Crippen molar-refractivity contribution < 1.29 is 27.8 Å². The molecule has 1 rings (SSSR count). The van der Waals surface area contributed by atoms with Gasteiger partial charge in [0.1, 0.15) is 0 Å². The van der Waals surface area contributed by atoms with Crippen LogP contribution in [-0.4, -0.2) is 38.1 Å². The van der Waals surface area contributed by atoms with Gasteiger partial charge in [-0.2, -0.15) is 8.78 Å². The van der Waals surface area contributed by atoms with Crippen molar-refractivity contribution >= 4 is 17.9 Å². The number of ether oxygens (including phenoxy) is 2. The Bertz CT molecular complexity index is 604. The first-order valence-electron chi connectivity index (χ1n) is 7.20. The maximum absolute atomic E-state index is 12.5. The number of benzene rings is 1. The van der Waals surface area contributed by atoms with Gasteiger partial charge in [0.25, 0.3) is 0 Å². The van der Waals surface area contributed by atoms with E-state index in [4.69, 9.17) is 4.74 Å². The minimum atomic E-state index is -3.03. The molecule has 1 aromatic rings. The van der Waals surface area contributed by atoms with Crippen LogP contribution in [0.15, 0.2) is 24.3 Å². The molecule has 0 spiro atoms. The number of hydrogen-bond donors (Lipinski definition) is 2. The van der Waals surface area contributed by atoms with Crippen LogP contribution in [0.1, 0.15) is 19.4 Å². The van der Waals surface area contributed by atoms with Crippen molar-refractivity contribution in [2.75, 3.05) is 13.7 Å². The van der Waals surface area contributed by atoms with E-state index in [1.807, 2.05) is 0 Å². The molecule has 0 unspecified atom stereocenters. The van der Waals surface area contributed by atoms with Gasteiger partial charge in [0.05, 0.1) is 13.7 Å². The van der Waals surface area contributed by atoms with Gasteiger partial charge in [-0.05, 0) is 26.0 Å². The number of amides is 2. The van der Waals surface area contributed by atoms with Crippen LogP contribution in [0.4, 0.5) is 8.78 Å². The molecule has 0 aliphatic heterocycles. The highest BCUT2D eigenvalue weighted by Crippen LogP contribution is 2.33. The Morgan fingerprint density at radius 3 is 2.58 bits per heavy atom. The molecule has 8 heteroatoms. The second kappa shape index (κ2) is 9.49. The fourth-order valence-corrected chi connectivity index (χ4v) is 1.80. The smallest absolute Gasteiger partial charge is 0.387 e. The lowest BCUT2D eigenvalue weighted by Gasteiger charge is -2.12. The van der Waals surface area contributed by atoms with Crippen molar-refractivity contribution in [1.29, 1.82) is 0 Å². The van der Waals surface area contributed by atoms with Crippen LogP contribution in [-0.2, 0) is 9.59 Å². The molecule has 0 fully saturated rings. The number of alkyl halides is 2. The van der Waals surface area contributed by atoms with E-state index >= 15 is 0 Å². The fourth-order valence-electron chi connectivity index (χ4n) is 1.80. The highest BCUT2D eigenvalue weighted by atomic mass is 19.3. The summed E-state index contributed by atoms with van der Waals surface area (Å²) < 4.78 is 34.4. The SMILES string of the molecule is COc1cccc(/C=C/C(=O)NCC(=O)NC(C)C)c1OC(F)F. The summed E-state index contributed by atoms with van der Waals surface area (Å²) in [6, 6.07) is 4.50. The minimum absolute atomic E-state index is 0.0317. The number of para-hydroxylation sites is 1. The molecule has 2 amide bonds. The largest absolute Gasteiger partial charge is 0.493 e. The first kappa shape index (κ1) is 19.4. The Morgan fingerprint density at radius 1 is 1.29 bits per heavy atom. The first-order valence-corrected chi connectivity index (χ1v) is 7.20. The van der Waals surface area contributed by atoms with Gasteiger partial charge < -0.3 is 20.1 Å². The molecule has 132 valence electrons. The number of hydrogen-bond acceptors (Lipinski definition) is 4. The zero-order valence-electron chi connectivity index (χ0n) is 13.6. The van der Waals surface area contributed by atoms with Gasteiger partial charge in [0, 0.05) is 17.7 Å². The van der Waals surface area contributed by atoms with E-state index in [1.165, 1.54) is 25.3 Å². The summed E-state index contributed by atoms with van der Waals surface area (Å²) in [4.78, 5) is 23.1. The number of carbonyl (C=O) groups is 2. The van der Waals surface area contributed by atoms with E-state index in [2.05, 4.69) is 15.4 Å². The Hall–Kier alpha value is -2.64. The maximum atomic E-state index is 12.5. The summed E-state index contributed by atoms with van der Waals surface area (Å²) >= 11 is 0. The zero-order chi connectivity index (χ0) is 18.1. The van der Waals surface area contributed by atoms with Gasteiger partial charge in [-0.1, -0.05) is 12.1 Å². The second-order valence-corrected chi connectivity index (χ2v) is 5.03. The summed E-state index contributed by atoms with van der Waals surface area (Å²) in [5.74, 6) is -0.916. The second-order valence-electron chi connectivity index (χ2n) is 5.03. The molecular formula is C16H20F2N2O4. The Kier molecular flexibility index (Phi) is 7.67.